The van der Waals surface area contributed by atoms with E-state index in [1.165, 1.54) is 0 Å². The van der Waals surface area contributed by atoms with Crippen molar-refractivity contribution >= 4 is 22.3 Å². The number of aromatic nitrogens is 3. The number of nitrogens with zero attached hydrogens (tertiary/aromatic N) is 3. The van der Waals surface area contributed by atoms with Crippen LogP contribution in [-0.4, -0.2) is 25.7 Å². The molecule has 0 radical (unpaired) electrons. The van der Waals surface area contributed by atoms with Crippen molar-refractivity contribution in [3.05, 3.63) is 16.9 Å². The van der Waals surface area contributed by atoms with Crippen LogP contribution in [0, 0.1) is 0 Å². The van der Waals surface area contributed by atoms with Crippen LogP contribution in [0.3, 0.4) is 0 Å². The van der Waals surface area contributed by atoms with Gasteiger partial charge in [-0.25, -0.2) is 14.3 Å². The predicted octanol–water partition coefficient (Wildman–Crippen LogP) is 1.51. The average Bonchev–Trinajstić information content (AvgIpc) is 2.55. The zero-order valence-electron chi connectivity index (χ0n) is 6.82. The highest BCUT2D eigenvalue weighted by atomic mass is 32.1. The molecule has 2 aromatic heterocycles. The molecule has 2 aromatic rings. The number of rotatable bonds is 1. The van der Waals surface area contributed by atoms with Gasteiger partial charge in [-0.3, -0.25) is 0 Å². The monoisotopic (exact) mass is 237 g/mol. The van der Waals surface area contributed by atoms with E-state index >= 15 is 0 Å². The number of carboxylic acid groups (broad SMARTS) is 1. The van der Waals surface area contributed by atoms with Crippen molar-refractivity contribution in [2.24, 2.45) is 0 Å². The highest BCUT2D eigenvalue weighted by molar-refractivity contribution is 7.16. The number of aromatic carboxylic acids is 1. The minimum absolute atomic E-state index is 0.0975. The average molecular weight is 237 g/mol. The predicted molar refractivity (Wildman–Crippen MR) is 42.8 cm³/mol. The standard InChI is InChI=1S/C6H2F3N3O2S/c7-6(8,9)4-11-12-1-2(3(13)14)10-5(12)15-4/h1H,(H,13,14). The number of fused-ring (bicyclic) bond motifs is 1. The van der Waals surface area contributed by atoms with Gasteiger partial charge < -0.3 is 5.11 Å². The smallest absolute Gasteiger partial charge is 0.445 e. The van der Waals surface area contributed by atoms with E-state index in [4.69, 9.17) is 5.11 Å². The van der Waals surface area contributed by atoms with E-state index in [0.717, 1.165) is 10.7 Å². The van der Waals surface area contributed by atoms with Crippen LogP contribution in [0.1, 0.15) is 15.5 Å². The minimum atomic E-state index is -4.53. The van der Waals surface area contributed by atoms with Crippen molar-refractivity contribution in [3.8, 4) is 0 Å². The number of halogens is 3. The van der Waals surface area contributed by atoms with E-state index in [9.17, 15) is 18.0 Å². The first-order valence-corrected chi connectivity index (χ1v) is 4.36. The topological polar surface area (TPSA) is 67.5 Å². The molecule has 0 saturated carbocycles. The molecule has 5 nitrogen and oxygen atoms in total. The van der Waals surface area contributed by atoms with E-state index in [1.54, 1.807) is 0 Å². The Labute approximate surface area is 83.8 Å². The Bertz CT molecular complexity index is 498. The lowest BCUT2D eigenvalue weighted by atomic mass is 10.5. The van der Waals surface area contributed by atoms with Crippen molar-refractivity contribution in [2.45, 2.75) is 6.18 Å². The van der Waals surface area contributed by atoms with Crippen LogP contribution in [0.15, 0.2) is 6.20 Å². The van der Waals surface area contributed by atoms with E-state index in [1.807, 2.05) is 0 Å². The number of imidazole rings is 1. The molecular weight excluding hydrogens is 235 g/mol. The maximum atomic E-state index is 12.2. The van der Waals surface area contributed by atoms with Crippen LogP contribution < -0.4 is 0 Å². The maximum absolute atomic E-state index is 12.2. The van der Waals surface area contributed by atoms with Gasteiger partial charge in [0.2, 0.25) is 9.97 Å². The highest BCUT2D eigenvalue weighted by Crippen LogP contribution is 2.32. The van der Waals surface area contributed by atoms with E-state index in [2.05, 4.69) is 10.1 Å². The minimum Gasteiger partial charge on any atom is -0.476 e. The Balaban J connectivity index is 2.52. The first-order chi connectivity index (χ1) is 6.88. The fourth-order valence-electron chi connectivity index (χ4n) is 0.918. The van der Waals surface area contributed by atoms with Crippen molar-refractivity contribution in [1.82, 2.24) is 14.6 Å². The van der Waals surface area contributed by atoms with Gasteiger partial charge in [0.25, 0.3) is 0 Å². The SMILES string of the molecule is O=C(O)c1cn2nc(C(F)(F)F)sc2n1. The molecule has 0 unspecified atom stereocenters. The van der Waals surface area contributed by atoms with Gasteiger partial charge in [-0.05, 0) is 0 Å². The lowest BCUT2D eigenvalue weighted by Gasteiger charge is -1.97. The molecule has 0 aliphatic carbocycles. The van der Waals surface area contributed by atoms with Gasteiger partial charge in [-0.1, -0.05) is 11.3 Å². The summed E-state index contributed by atoms with van der Waals surface area (Å²) in [4.78, 5) is 13.8. The lowest BCUT2D eigenvalue weighted by Crippen LogP contribution is -2.04. The molecule has 0 spiro atoms. The van der Waals surface area contributed by atoms with Gasteiger partial charge >= 0.3 is 12.1 Å². The van der Waals surface area contributed by atoms with Gasteiger partial charge in [-0.15, -0.1) is 5.10 Å². The molecule has 2 rings (SSSR count). The number of hydrogen-bond donors (Lipinski definition) is 1. The Hall–Kier alpha value is -1.64. The molecule has 15 heavy (non-hydrogen) atoms. The Morgan fingerprint density at radius 2 is 2.20 bits per heavy atom. The Morgan fingerprint density at radius 3 is 2.67 bits per heavy atom. The first-order valence-electron chi connectivity index (χ1n) is 3.54. The van der Waals surface area contributed by atoms with Crippen molar-refractivity contribution in [3.63, 3.8) is 0 Å². The molecule has 0 atom stereocenters. The van der Waals surface area contributed by atoms with Gasteiger partial charge in [0.15, 0.2) is 5.69 Å². The summed E-state index contributed by atoms with van der Waals surface area (Å²) in [6, 6.07) is 0. The largest absolute Gasteiger partial charge is 0.476 e. The molecular formula is C6H2F3N3O2S. The summed E-state index contributed by atoms with van der Waals surface area (Å²) in [5, 5.41) is 10.6. The van der Waals surface area contributed by atoms with Crippen LogP contribution in [0.25, 0.3) is 4.96 Å². The van der Waals surface area contributed by atoms with Crippen LogP contribution >= 0.6 is 11.3 Å². The summed E-state index contributed by atoms with van der Waals surface area (Å²) in [6.07, 6.45) is -3.60. The third-order valence-electron chi connectivity index (χ3n) is 1.50. The second-order valence-corrected chi connectivity index (χ2v) is 3.52. The van der Waals surface area contributed by atoms with Crippen molar-refractivity contribution < 1.29 is 23.1 Å². The van der Waals surface area contributed by atoms with Crippen molar-refractivity contribution in [1.29, 1.82) is 0 Å². The molecule has 0 amide bonds. The van der Waals surface area contributed by atoms with Crippen molar-refractivity contribution in [2.75, 3.05) is 0 Å². The fourth-order valence-corrected chi connectivity index (χ4v) is 1.67. The molecule has 0 aliphatic rings. The van der Waals surface area contributed by atoms with E-state index in [0.29, 0.717) is 11.3 Å². The van der Waals surface area contributed by atoms with Gasteiger partial charge in [0, 0.05) is 0 Å². The normalized spacial score (nSPS) is 12.2. The molecule has 0 saturated heterocycles. The third kappa shape index (κ3) is 1.65. The van der Waals surface area contributed by atoms with Crippen LogP contribution in [0.4, 0.5) is 13.2 Å². The summed E-state index contributed by atoms with van der Waals surface area (Å²) in [7, 11) is 0. The lowest BCUT2D eigenvalue weighted by molar-refractivity contribution is -0.138. The summed E-state index contributed by atoms with van der Waals surface area (Å²) < 4.78 is 37.3. The molecule has 0 aromatic carbocycles. The number of hydrogen-bond acceptors (Lipinski definition) is 4. The van der Waals surface area contributed by atoms with E-state index < -0.39 is 17.2 Å². The van der Waals surface area contributed by atoms with Crippen LogP contribution in [-0.2, 0) is 6.18 Å². The number of carboxylic acids is 1. The molecule has 0 bridgehead atoms. The maximum Gasteiger partial charge on any atom is 0.445 e. The molecule has 1 N–H and O–H groups in total. The fraction of sp³-hybridized carbons (Fsp3) is 0.167. The number of alkyl halides is 3. The first kappa shape index (κ1) is 9.90. The summed E-state index contributed by atoms with van der Waals surface area (Å²) in [6.45, 7) is 0. The van der Waals surface area contributed by atoms with Gasteiger partial charge in [0.05, 0.1) is 6.20 Å². The third-order valence-corrected chi connectivity index (χ3v) is 2.47. The molecule has 0 aliphatic heterocycles. The second-order valence-electron chi connectivity index (χ2n) is 2.56. The van der Waals surface area contributed by atoms with Crippen LogP contribution in [0.2, 0.25) is 0 Å². The zero-order valence-corrected chi connectivity index (χ0v) is 7.63. The molecule has 9 heteroatoms. The molecule has 0 fully saturated rings. The molecule has 2 heterocycles. The second kappa shape index (κ2) is 2.92. The van der Waals surface area contributed by atoms with Gasteiger partial charge in [0.1, 0.15) is 0 Å². The Morgan fingerprint density at radius 1 is 1.53 bits per heavy atom. The summed E-state index contributed by atoms with van der Waals surface area (Å²) >= 11 is 0.295. The quantitative estimate of drug-likeness (QED) is 0.816. The Kier molecular flexibility index (Phi) is 1.93. The highest BCUT2D eigenvalue weighted by Gasteiger charge is 2.36. The summed E-state index contributed by atoms with van der Waals surface area (Å²) in [5.41, 5.74) is -0.331. The molecule has 80 valence electrons. The van der Waals surface area contributed by atoms with Gasteiger partial charge in [-0.2, -0.15) is 13.2 Å². The summed E-state index contributed by atoms with van der Waals surface area (Å²) in [5.74, 6) is -1.30. The van der Waals surface area contributed by atoms with Crippen LogP contribution in [0.5, 0.6) is 0 Å². The number of carbonyl (C=O) groups is 1. The zero-order chi connectivity index (χ0) is 11.2. The van der Waals surface area contributed by atoms with E-state index in [-0.39, 0.29) is 10.7 Å².